The van der Waals surface area contributed by atoms with Crippen LogP contribution in [-0.4, -0.2) is 64.9 Å². The third kappa shape index (κ3) is 5.65. The molecule has 1 amide bonds. The van der Waals surface area contributed by atoms with Crippen molar-refractivity contribution in [2.45, 2.75) is 63.0 Å². The van der Waals surface area contributed by atoms with E-state index in [-0.39, 0.29) is 5.91 Å². The van der Waals surface area contributed by atoms with Gasteiger partial charge in [0.05, 0.1) is 6.04 Å². The summed E-state index contributed by atoms with van der Waals surface area (Å²) >= 11 is 0. The summed E-state index contributed by atoms with van der Waals surface area (Å²) in [4.78, 5) is 19.5. The average molecular weight is 457 g/mol. The Morgan fingerprint density at radius 2 is 1.97 bits per heavy atom. The molecule has 5 rings (SSSR count). The number of hydrogen-bond acceptors (Lipinski definition) is 8. The van der Waals surface area contributed by atoms with E-state index < -0.39 is 12.1 Å². The molecule has 0 spiro atoms. The van der Waals surface area contributed by atoms with Crippen LogP contribution in [0.2, 0.25) is 0 Å². The van der Waals surface area contributed by atoms with E-state index in [1.165, 1.54) is 0 Å². The van der Waals surface area contributed by atoms with Crippen molar-refractivity contribution in [2.24, 2.45) is 0 Å². The zero-order valence-corrected chi connectivity index (χ0v) is 18.9. The van der Waals surface area contributed by atoms with Gasteiger partial charge in [-0.25, -0.2) is 0 Å². The predicted molar refractivity (Wildman–Crippen MR) is 119 cm³/mol. The third-order valence-electron chi connectivity index (χ3n) is 6.51. The van der Waals surface area contributed by atoms with Crippen LogP contribution in [0, 0.1) is 0 Å². The highest BCUT2D eigenvalue weighted by molar-refractivity contribution is 5.76. The van der Waals surface area contributed by atoms with Gasteiger partial charge in [0.2, 0.25) is 11.8 Å². The lowest BCUT2D eigenvalue weighted by Gasteiger charge is -2.29. The Labute approximate surface area is 193 Å². The molecule has 3 heterocycles. The Balaban J connectivity index is 1.19. The Kier molecular flexibility index (Phi) is 6.78. The number of nitrogens with zero attached hydrogens (tertiary/aromatic N) is 3. The molecule has 2 N–H and O–H groups in total. The fourth-order valence-electron chi connectivity index (χ4n) is 4.50. The monoisotopic (exact) mass is 456 g/mol. The van der Waals surface area contributed by atoms with Crippen LogP contribution < -0.4 is 14.8 Å². The number of aromatic nitrogens is 2. The van der Waals surface area contributed by atoms with Crippen LogP contribution in [0.1, 0.15) is 67.8 Å². The van der Waals surface area contributed by atoms with E-state index in [0.29, 0.717) is 67.9 Å². The quantitative estimate of drug-likeness (QED) is 0.561. The van der Waals surface area contributed by atoms with E-state index in [0.717, 1.165) is 44.6 Å². The first-order valence-electron chi connectivity index (χ1n) is 12.1. The summed E-state index contributed by atoms with van der Waals surface area (Å²) in [5.41, 5.74) is 0.710. The summed E-state index contributed by atoms with van der Waals surface area (Å²) in [6.45, 7) is 3.59. The van der Waals surface area contributed by atoms with Crippen molar-refractivity contribution in [3.05, 3.63) is 35.5 Å². The summed E-state index contributed by atoms with van der Waals surface area (Å²) < 4.78 is 16.6. The fourth-order valence-corrected chi connectivity index (χ4v) is 4.50. The number of amides is 1. The number of nitrogens with one attached hydrogen (secondary N) is 1. The summed E-state index contributed by atoms with van der Waals surface area (Å²) in [6.07, 6.45) is 5.25. The highest BCUT2D eigenvalue weighted by Gasteiger charge is 2.29. The molecule has 0 radical (unpaired) electrons. The average Bonchev–Trinajstić information content (AvgIpc) is 3.35. The molecule has 1 unspecified atom stereocenters. The van der Waals surface area contributed by atoms with E-state index in [4.69, 9.17) is 14.0 Å². The Morgan fingerprint density at radius 3 is 2.76 bits per heavy atom. The van der Waals surface area contributed by atoms with Crippen molar-refractivity contribution in [1.82, 2.24) is 20.4 Å². The van der Waals surface area contributed by atoms with E-state index in [9.17, 15) is 9.90 Å². The Hall–Kier alpha value is -2.65. The normalized spacial score (nSPS) is 19.9. The summed E-state index contributed by atoms with van der Waals surface area (Å²) in [6, 6.07) is 5.06. The van der Waals surface area contributed by atoms with Crippen molar-refractivity contribution in [3.63, 3.8) is 0 Å². The van der Waals surface area contributed by atoms with Gasteiger partial charge in [0, 0.05) is 25.3 Å². The minimum absolute atomic E-state index is 0.0854. The predicted octanol–water partition coefficient (Wildman–Crippen LogP) is 2.36. The number of aliphatic hydroxyl groups excluding tert-OH is 1. The van der Waals surface area contributed by atoms with Crippen LogP contribution in [0.4, 0.5) is 0 Å². The standard InChI is InChI=1S/C24H32N4O5/c29-21(4-3-5-22-26-24(27-33-22)16-6-7-16)25-18(15-28-10-1-2-11-28)23(30)17-8-9-19-20(14-17)32-13-12-31-19/h8-9,14,16,18,23,30H,1-7,10-13,15H2,(H,25,29)/t18-,23?/m1/s1. The first-order chi connectivity index (χ1) is 16.2. The van der Waals surface area contributed by atoms with E-state index >= 15 is 0 Å². The van der Waals surface area contributed by atoms with Crippen LogP contribution in [0.15, 0.2) is 22.7 Å². The lowest BCUT2D eigenvalue weighted by atomic mass is 10.0. The number of benzene rings is 1. The van der Waals surface area contributed by atoms with Crippen LogP contribution in [0.3, 0.4) is 0 Å². The molecule has 1 aliphatic carbocycles. The first-order valence-corrected chi connectivity index (χ1v) is 12.1. The van der Waals surface area contributed by atoms with Crippen molar-refractivity contribution >= 4 is 5.91 Å². The highest BCUT2D eigenvalue weighted by Crippen LogP contribution is 2.38. The number of likely N-dealkylation sites (tertiary alicyclic amines) is 1. The summed E-state index contributed by atoms with van der Waals surface area (Å²) in [5.74, 6) is 3.08. The lowest BCUT2D eigenvalue weighted by molar-refractivity contribution is -0.123. The van der Waals surface area contributed by atoms with Crippen LogP contribution in [0.25, 0.3) is 0 Å². The highest BCUT2D eigenvalue weighted by atomic mass is 16.6. The van der Waals surface area contributed by atoms with E-state index in [1.807, 2.05) is 18.2 Å². The molecule has 9 heteroatoms. The number of aryl methyl sites for hydroxylation is 1. The molecule has 3 aliphatic rings. The summed E-state index contributed by atoms with van der Waals surface area (Å²) in [5, 5.41) is 18.3. The molecule has 1 aromatic carbocycles. The number of aliphatic hydroxyl groups is 1. The molecular formula is C24H32N4O5. The van der Waals surface area contributed by atoms with Crippen LogP contribution >= 0.6 is 0 Å². The number of carbonyl (C=O) groups excluding carboxylic acids is 1. The van der Waals surface area contributed by atoms with Gasteiger partial charge >= 0.3 is 0 Å². The van der Waals surface area contributed by atoms with Gasteiger partial charge in [-0.3, -0.25) is 4.79 Å². The fraction of sp³-hybridized carbons (Fsp3) is 0.625. The van der Waals surface area contributed by atoms with Gasteiger partial charge in [-0.1, -0.05) is 11.2 Å². The minimum Gasteiger partial charge on any atom is -0.486 e. The molecule has 1 saturated carbocycles. The molecule has 178 valence electrons. The van der Waals surface area contributed by atoms with Gasteiger partial charge in [0.25, 0.3) is 0 Å². The molecule has 2 aliphatic heterocycles. The number of hydrogen-bond donors (Lipinski definition) is 2. The van der Waals surface area contributed by atoms with Crippen LogP contribution in [0.5, 0.6) is 11.5 Å². The molecule has 0 bridgehead atoms. The molecule has 9 nitrogen and oxygen atoms in total. The van der Waals surface area contributed by atoms with Gasteiger partial charge < -0.3 is 29.3 Å². The van der Waals surface area contributed by atoms with Crippen molar-refractivity contribution < 1.29 is 23.9 Å². The number of fused-ring (bicyclic) bond motifs is 1. The maximum Gasteiger partial charge on any atom is 0.226 e. The van der Waals surface area contributed by atoms with Gasteiger partial charge in [-0.15, -0.1) is 0 Å². The zero-order chi connectivity index (χ0) is 22.6. The largest absolute Gasteiger partial charge is 0.486 e. The van der Waals surface area contributed by atoms with Crippen molar-refractivity contribution in [2.75, 3.05) is 32.8 Å². The smallest absolute Gasteiger partial charge is 0.226 e. The molecule has 2 aromatic rings. The molecule has 1 aromatic heterocycles. The van der Waals surface area contributed by atoms with Gasteiger partial charge in [0.1, 0.15) is 19.3 Å². The zero-order valence-electron chi connectivity index (χ0n) is 18.9. The Morgan fingerprint density at radius 1 is 1.18 bits per heavy atom. The van der Waals surface area contributed by atoms with Gasteiger partial charge in [-0.2, -0.15) is 4.98 Å². The van der Waals surface area contributed by atoms with E-state index in [2.05, 4.69) is 20.4 Å². The molecular weight excluding hydrogens is 424 g/mol. The summed E-state index contributed by atoms with van der Waals surface area (Å²) in [7, 11) is 0. The second-order valence-electron chi connectivity index (χ2n) is 9.20. The second kappa shape index (κ2) is 10.1. The maximum atomic E-state index is 12.8. The maximum absolute atomic E-state index is 12.8. The van der Waals surface area contributed by atoms with Gasteiger partial charge in [-0.05, 0) is 62.9 Å². The SMILES string of the molecule is O=C(CCCc1nc(C2CC2)no1)N[C@H](CN1CCCC1)C(O)c1ccc2c(c1)OCCO2. The van der Waals surface area contributed by atoms with Gasteiger partial charge in [0.15, 0.2) is 17.3 Å². The van der Waals surface area contributed by atoms with Crippen LogP contribution in [-0.2, 0) is 11.2 Å². The molecule has 1 saturated heterocycles. The van der Waals surface area contributed by atoms with Crippen molar-refractivity contribution in [1.29, 1.82) is 0 Å². The number of ether oxygens (including phenoxy) is 2. The number of rotatable bonds is 10. The molecule has 2 atom stereocenters. The van der Waals surface area contributed by atoms with Crippen molar-refractivity contribution in [3.8, 4) is 11.5 Å². The minimum atomic E-state index is -0.845. The third-order valence-corrected chi connectivity index (χ3v) is 6.51. The Bertz CT molecular complexity index is 954. The molecule has 2 fully saturated rings. The number of carbonyl (C=O) groups is 1. The van der Waals surface area contributed by atoms with E-state index in [1.54, 1.807) is 0 Å². The topological polar surface area (TPSA) is 110 Å². The molecule has 33 heavy (non-hydrogen) atoms. The lowest BCUT2D eigenvalue weighted by Crippen LogP contribution is -2.46. The second-order valence-corrected chi connectivity index (χ2v) is 9.20. The first kappa shape index (κ1) is 22.2.